The Morgan fingerprint density at radius 3 is 2.36 bits per heavy atom. The summed E-state index contributed by atoms with van der Waals surface area (Å²) < 4.78 is 29.4. The van der Waals surface area contributed by atoms with Crippen molar-refractivity contribution in [2.75, 3.05) is 12.9 Å². The number of aliphatic imine (C=N–C) groups is 1. The summed E-state index contributed by atoms with van der Waals surface area (Å²) in [5.74, 6) is -0.814. The molecule has 4 N–H and O–H groups in total. The lowest BCUT2D eigenvalue weighted by molar-refractivity contribution is 0.100. The highest BCUT2D eigenvalue weighted by molar-refractivity contribution is 7.90. The Bertz CT molecular complexity index is 692. The third-order valence-corrected chi connectivity index (χ3v) is 3.99. The van der Waals surface area contributed by atoms with Gasteiger partial charge < -0.3 is 16.2 Å². The molecule has 0 spiro atoms. The minimum Gasteiger partial charge on any atom is -0.492 e. The van der Waals surface area contributed by atoms with E-state index in [1.807, 2.05) is 13.8 Å². The van der Waals surface area contributed by atoms with Crippen LogP contribution in [0.5, 0.6) is 5.75 Å². The molecule has 0 heterocycles. The summed E-state index contributed by atoms with van der Waals surface area (Å²) in [7, 11) is -3.56. The van der Waals surface area contributed by atoms with Crippen molar-refractivity contribution in [3.63, 3.8) is 0 Å². The van der Waals surface area contributed by atoms with Crippen LogP contribution in [-0.4, -0.2) is 33.1 Å². The number of benzene rings is 1. The van der Waals surface area contributed by atoms with E-state index in [1.54, 1.807) is 6.07 Å². The minimum atomic E-state index is -3.56. The van der Waals surface area contributed by atoms with E-state index in [9.17, 15) is 13.2 Å². The SMILES string of the molecule is CCCOc1cc(CC)c(C(=O)N=C(N)N)cc1S(C)(=O)=O. The number of hydrogen-bond acceptors (Lipinski definition) is 4. The van der Waals surface area contributed by atoms with Gasteiger partial charge in [0.25, 0.3) is 5.91 Å². The van der Waals surface area contributed by atoms with Gasteiger partial charge in [-0.3, -0.25) is 4.79 Å². The molecule has 1 rings (SSSR count). The molecule has 0 saturated carbocycles. The molecule has 8 heteroatoms. The Hall–Kier alpha value is -2.09. The lowest BCUT2D eigenvalue weighted by Gasteiger charge is -2.14. The second-order valence-electron chi connectivity index (χ2n) is 4.77. The first-order valence-electron chi connectivity index (χ1n) is 6.84. The number of carbonyl (C=O) groups is 1. The Labute approximate surface area is 130 Å². The first kappa shape index (κ1) is 18.0. The third-order valence-electron chi connectivity index (χ3n) is 2.87. The normalized spacial score (nSPS) is 11.0. The molecule has 1 aromatic rings. The van der Waals surface area contributed by atoms with Gasteiger partial charge in [-0.15, -0.1) is 0 Å². The number of rotatable bonds is 6. The summed E-state index contributed by atoms with van der Waals surface area (Å²) in [6.07, 6.45) is 2.30. The van der Waals surface area contributed by atoms with Gasteiger partial charge in [-0.05, 0) is 30.5 Å². The molecule has 0 aliphatic rings. The van der Waals surface area contributed by atoms with Crippen molar-refractivity contribution >= 4 is 21.7 Å². The van der Waals surface area contributed by atoms with Gasteiger partial charge in [-0.25, -0.2) is 8.42 Å². The van der Waals surface area contributed by atoms with Gasteiger partial charge in [0, 0.05) is 11.8 Å². The second-order valence-corrected chi connectivity index (χ2v) is 6.76. The summed E-state index contributed by atoms with van der Waals surface area (Å²) in [6, 6.07) is 2.83. The number of carbonyl (C=O) groups excluding carboxylic acids is 1. The summed E-state index contributed by atoms with van der Waals surface area (Å²) >= 11 is 0. The van der Waals surface area contributed by atoms with Crippen LogP contribution < -0.4 is 16.2 Å². The van der Waals surface area contributed by atoms with Crippen molar-refractivity contribution in [1.82, 2.24) is 0 Å². The fourth-order valence-corrected chi connectivity index (χ4v) is 2.70. The van der Waals surface area contributed by atoms with Crippen LogP contribution in [0.15, 0.2) is 22.0 Å². The van der Waals surface area contributed by atoms with Crippen molar-refractivity contribution in [3.8, 4) is 5.75 Å². The molecule has 0 atom stereocenters. The van der Waals surface area contributed by atoms with Gasteiger partial charge in [-0.2, -0.15) is 4.99 Å². The third kappa shape index (κ3) is 4.45. The van der Waals surface area contributed by atoms with Crippen LogP contribution in [0, 0.1) is 0 Å². The number of aryl methyl sites for hydroxylation is 1. The fourth-order valence-electron chi connectivity index (χ4n) is 1.89. The van der Waals surface area contributed by atoms with Gasteiger partial charge in [0.05, 0.1) is 6.61 Å². The maximum Gasteiger partial charge on any atom is 0.280 e. The summed E-state index contributed by atoms with van der Waals surface area (Å²) in [5.41, 5.74) is 11.2. The number of sulfone groups is 1. The van der Waals surface area contributed by atoms with E-state index < -0.39 is 15.7 Å². The molecule has 0 fully saturated rings. The van der Waals surface area contributed by atoms with Gasteiger partial charge in [0.15, 0.2) is 15.8 Å². The Balaban J connectivity index is 3.53. The maximum atomic E-state index is 12.1. The Morgan fingerprint density at radius 2 is 1.91 bits per heavy atom. The molecule has 0 radical (unpaired) electrons. The van der Waals surface area contributed by atoms with E-state index in [1.165, 1.54) is 6.07 Å². The lowest BCUT2D eigenvalue weighted by atomic mass is 10.0. The first-order chi connectivity index (χ1) is 10.2. The minimum absolute atomic E-state index is 0.0488. The van der Waals surface area contributed by atoms with Crippen LogP contribution in [-0.2, 0) is 16.3 Å². The van der Waals surface area contributed by atoms with Gasteiger partial charge >= 0.3 is 0 Å². The standard InChI is InChI=1S/C14H21N3O4S/c1-4-6-21-11-7-9(5-2)10(13(18)17-14(15)16)8-12(11)22(3,19)20/h7-8H,4-6H2,1-3H3,(H4,15,16,17,18). The molecule has 22 heavy (non-hydrogen) atoms. The quantitative estimate of drug-likeness (QED) is 0.589. The number of guanidine groups is 1. The predicted molar refractivity (Wildman–Crippen MR) is 84.9 cm³/mol. The number of nitrogens with zero attached hydrogens (tertiary/aromatic N) is 1. The monoisotopic (exact) mass is 327 g/mol. The number of ether oxygens (including phenoxy) is 1. The molecular weight excluding hydrogens is 306 g/mol. The highest BCUT2D eigenvalue weighted by atomic mass is 32.2. The number of amides is 1. The molecule has 122 valence electrons. The van der Waals surface area contributed by atoms with Gasteiger partial charge in [0.2, 0.25) is 0 Å². The van der Waals surface area contributed by atoms with Gasteiger partial charge in [0.1, 0.15) is 10.6 Å². The molecule has 0 unspecified atom stereocenters. The van der Waals surface area contributed by atoms with Crippen LogP contribution in [0.2, 0.25) is 0 Å². The van der Waals surface area contributed by atoms with Crippen molar-refractivity contribution in [3.05, 3.63) is 23.3 Å². The predicted octanol–water partition coefficient (Wildman–Crippen LogP) is 0.855. The molecule has 0 aliphatic heterocycles. The molecule has 0 aromatic heterocycles. The number of nitrogens with two attached hydrogens (primary N) is 2. The molecule has 1 amide bonds. The summed E-state index contributed by atoms with van der Waals surface area (Å²) in [5, 5.41) is 0. The molecule has 0 saturated heterocycles. The maximum absolute atomic E-state index is 12.1. The highest BCUT2D eigenvalue weighted by Crippen LogP contribution is 2.29. The molecule has 0 bridgehead atoms. The zero-order valence-corrected chi connectivity index (χ0v) is 13.7. The Kier molecular flexibility index (Phi) is 5.92. The largest absolute Gasteiger partial charge is 0.492 e. The van der Waals surface area contributed by atoms with E-state index in [0.29, 0.717) is 18.6 Å². The van der Waals surface area contributed by atoms with Crippen molar-refractivity contribution in [2.24, 2.45) is 16.5 Å². The van der Waals surface area contributed by atoms with Crippen LogP contribution in [0.1, 0.15) is 36.2 Å². The van der Waals surface area contributed by atoms with Crippen molar-refractivity contribution in [2.45, 2.75) is 31.6 Å². The summed E-state index contributed by atoms with van der Waals surface area (Å²) in [6.45, 7) is 4.13. The molecule has 1 aromatic carbocycles. The zero-order valence-electron chi connectivity index (χ0n) is 12.9. The topological polar surface area (TPSA) is 125 Å². The molecular formula is C14H21N3O4S. The zero-order chi connectivity index (χ0) is 16.9. The van der Waals surface area contributed by atoms with Gasteiger partial charge in [-0.1, -0.05) is 13.8 Å². The average Bonchev–Trinajstić information content (AvgIpc) is 2.42. The first-order valence-corrected chi connectivity index (χ1v) is 8.73. The van der Waals surface area contributed by atoms with E-state index >= 15 is 0 Å². The van der Waals surface area contributed by atoms with E-state index in [-0.39, 0.29) is 22.2 Å². The fraction of sp³-hybridized carbons (Fsp3) is 0.429. The van der Waals surface area contributed by atoms with Crippen molar-refractivity contribution in [1.29, 1.82) is 0 Å². The smallest absolute Gasteiger partial charge is 0.280 e. The number of hydrogen-bond donors (Lipinski definition) is 2. The van der Waals surface area contributed by atoms with E-state index in [4.69, 9.17) is 16.2 Å². The van der Waals surface area contributed by atoms with Crippen LogP contribution >= 0.6 is 0 Å². The van der Waals surface area contributed by atoms with Crippen molar-refractivity contribution < 1.29 is 17.9 Å². The van der Waals surface area contributed by atoms with Crippen LogP contribution in [0.3, 0.4) is 0 Å². The molecule has 0 aliphatic carbocycles. The van der Waals surface area contributed by atoms with Crippen LogP contribution in [0.4, 0.5) is 0 Å². The summed E-state index contributed by atoms with van der Waals surface area (Å²) in [4.78, 5) is 15.5. The Morgan fingerprint density at radius 1 is 1.27 bits per heavy atom. The second kappa shape index (κ2) is 7.26. The van der Waals surface area contributed by atoms with Crippen LogP contribution in [0.25, 0.3) is 0 Å². The highest BCUT2D eigenvalue weighted by Gasteiger charge is 2.21. The molecule has 7 nitrogen and oxygen atoms in total. The lowest BCUT2D eigenvalue weighted by Crippen LogP contribution is -2.24. The average molecular weight is 327 g/mol. The van der Waals surface area contributed by atoms with E-state index in [0.717, 1.165) is 12.7 Å². The van der Waals surface area contributed by atoms with E-state index in [2.05, 4.69) is 4.99 Å².